The minimum Gasteiger partial charge on any atom is -0.342 e. The molecule has 1 aliphatic heterocycles. The van der Waals surface area contributed by atoms with Crippen LogP contribution in [-0.4, -0.2) is 36.1 Å². The monoisotopic (exact) mass is 206 g/mol. The summed E-state index contributed by atoms with van der Waals surface area (Å²) in [5.41, 5.74) is 1.02. The van der Waals surface area contributed by atoms with Crippen LogP contribution in [0.3, 0.4) is 0 Å². The van der Waals surface area contributed by atoms with E-state index in [0.29, 0.717) is 6.04 Å². The molecule has 0 saturated carbocycles. The Morgan fingerprint density at radius 3 is 3.13 bits per heavy atom. The minimum absolute atomic E-state index is 0.596. The second-order valence-electron chi connectivity index (χ2n) is 4.17. The van der Waals surface area contributed by atoms with E-state index >= 15 is 0 Å². The van der Waals surface area contributed by atoms with Gasteiger partial charge in [0.05, 0.1) is 0 Å². The Kier molecular flexibility index (Phi) is 3.16. The molecule has 15 heavy (non-hydrogen) atoms. The summed E-state index contributed by atoms with van der Waals surface area (Å²) in [6.45, 7) is 4.13. The zero-order valence-corrected chi connectivity index (χ0v) is 9.40. The van der Waals surface area contributed by atoms with Gasteiger partial charge in [-0.25, -0.2) is 9.97 Å². The Balaban J connectivity index is 1.97. The Morgan fingerprint density at radius 2 is 2.47 bits per heavy atom. The molecule has 2 rings (SSSR count). The summed E-state index contributed by atoms with van der Waals surface area (Å²) in [6, 6.07) is 2.52. The third-order valence-electron chi connectivity index (χ3n) is 2.78. The summed E-state index contributed by atoms with van der Waals surface area (Å²) in [5, 5.41) is 3.47. The van der Waals surface area contributed by atoms with E-state index in [1.807, 2.05) is 19.2 Å². The van der Waals surface area contributed by atoms with Crippen molar-refractivity contribution in [3.63, 3.8) is 0 Å². The first kappa shape index (κ1) is 10.4. The number of anilines is 1. The van der Waals surface area contributed by atoms with Crippen molar-refractivity contribution in [3.05, 3.63) is 18.0 Å². The van der Waals surface area contributed by atoms with Crippen LogP contribution in [0.5, 0.6) is 0 Å². The van der Waals surface area contributed by atoms with Gasteiger partial charge in [-0.05, 0) is 32.4 Å². The van der Waals surface area contributed by atoms with Crippen molar-refractivity contribution in [3.8, 4) is 0 Å². The molecule has 0 bridgehead atoms. The van der Waals surface area contributed by atoms with Gasteiger partial charge in [-0.3, -0.25) is 0 Å². The molecule has 82 valence electrons. The molecule has 4 heteroatoms. The molecular weight excluding hydrogens is 188 g/mol. The largest absolute Gasteiger partial charge is 0.342 e. The standard InChI is InChI=1S/C11H18N4/c1-9-5-7-13-11(14-9)15(2)8-10-4-3-6-12-10/h5,7,10,12H,3-4,6,8H2,1-2H3. The third-order valence-corrected chi connectivity index (χ3v) is 2.78. The van der Waals surface area contributed by atoms with Crippen LogP contribution >= 0.6 is 0 Å². The molecule has 0 amide bonds. The molecule has 0 radical (unpaired) electrons. The van der Waals surface area contributed by atoms with E-state index in [2.05, 4.69) is 27.2 Å². The molecule has 1 atom stereocenters. The van der Waals surface area contributed by atoms with Gasteiger partial charge in [0.25, 0.3) is 0 Å². The summed E-state index contributed by atoms with van der Waals surface area (Å²) in [4.78, 5) is 10.8. The third kappa shape index (κ3) is 2.65. The van der Waals surface area contributed by atoms with E-state index in [4.69, 9.17) is 0 Å². The summed E-state index contributed by atoms with van der Waals surface area (Å²) in [5.74, 6) is 0.823. The summed E-state index contributed by atoms with van der Waals surface area (Å²) in [7, 11) is 2.05. The number of likely N-dealkylation sites (N-methyl/N-ethyl adjacent to an activating group) is 1. The van der Waals surface area contributed by atoms with E-state index in [1.54, 1.807) is 0 Å². The first-order chi connectivity index (χ1) is 7.25. The van der Waals surface area contributed by atoms with E-state index in [9.17, 15) is 0 Å². The average molecular weight is 206 g/mol. The zero-order valence-electron chi connectivity index (χ0n) is 9.40. The van der Waals surface area contributed by atoms with Gasteiger partial charge in [0.2, 0.25) is 5.95 Å². The lowest BCUT2D eigenvalue weighted by Gasteiger charge is -2.21. The SMILES string of the molecule is Cc1ccnc(N(C)CC2CCCN2)n1. The molecule has 1 aromatic rings. The van der Waals surface area contributed by atoms with Crippen molar-refractivity contribution >= 4 is 5.95 Å². The van der Waals surface area contributed by atoms with Crippen LogP contribution in [0, 0.1) is 6.92 Å². The number of hydrogen-bond donors (Lipinski definition) is 1. The van der Waals surface area contributed by atoms with Gasteiger partial charge in [0.1, 0.15) is 0 Å². The Bertz CT molecular complexity index is 320. The number of aryl methyl sites for hydroxylation is 1. The maximum absolute atomic E-state index is 4.40. The van der Waals surface area contributed by atoms with Crippen LogP contribution in [0.2, 0.25) is 0 Å². The summed E-state index contributed by atoms with van der Waals surface area (Å²) < 4.78 is 0. The molecule has 1 fully saturated rings. The smallest absolute Gasteiger partial charge is 0.225 e. The van der Waals surface area contributed by atoms with E-state index in [0.717, 1.165) is 24.7 Å². The molecule has 1 unspecified atom stereocenters. The predicted molar refractivity (Wildman–Crippen MR) is 61.1 cm³/mol. The van der Waals surface area contributed by atoms with E-state index < -0.39 is 0 Å². The number of nitrogens with one attached hydrogen (secondary N) is 1. The molecule has 1 saturated heterocycles. The van der Waals surface area contributed by atoms with Crippen molar-refractivity contribution in [2.75, 3.05) is 25.0 Å². The predicted octanol–water partition coefficient (Wildman–Crippen LogP) is 0.973. The average Bonchev–Trinajstić information content (AvgIpc) is 2.70. The minimum atomic E-state index is 0.596. The van der Waals surface area contributed by atoms with Crippen LogP contribution < -0.4 is 10.2 Å². The van der Waals surface area contributed by atoms with Crippen molar-refractivity contribution < 1.29 is 0 Å². The molecule has 4 nitrogen and oxygen atoms in total. The quantitative estimate of drug-likeness (QED) is 0.800. The lowest BCUT2D eigenvalue weighted by Crippen LogP contribution is -2.36. The van der Waals surface area contributed by atoms with Gasteiger partial charge in [0, 0.05) is 31.5 Å². The Morgan fingerprint density at radius 1 is 1.60 bits per heavy atom. The number of nitrogens with zero attached hydrogens (tertiary/aromatic N) is 3. The van der Waals surface area contributed by atoms with Crippen LogP contribution in [0.1, 0.15) is 18.5 Å². The first-order valence-electron chi connectivity index (χ1n) is 5.50. The first-order valence-corrected chi connectivity index (χ1v) is 5.50. The lowest BCUT2D eigenvalue weighted by molar-refractivity contribution is 0.594. The van der Waals surface area contributed by atoms with Crippen LogP contribution in [0.25, 0.3) is 0 Å². The second kappa shape index (κ2) is 4.57. The fourth-order valence-corrected chi connectivity index (χ4v) is 1.94. The maximum Gasteiger partial charge on any atom is 0.225 e. The summed E-state index contributed by atoms with van der Waals surface area (Å²) in [6.07, 6.45) is 4.36. The van der Waals surface area contributed by atoms with Gasteiger partial charge >= 0.3 is 0 Å². The van der Waals surface area contributed by atoms with Crippen LogP contribution in [0.15, 0.2) is 12.3 Å². The van der Waals surface area contributed by atoms with E-state index in [-0.39, 0.29) is 0 Å². The highest BCUT2D eigenvalue weighted by Gasteiger charge is 2.16. The van der Waals surface area contributed by atoms with Crippen molar-refractivity contribution in [1.29, 1.82) is 0 Å². The molecule has 0 aromatic carbocycles. The highest BCUT2D eigenvalue weighted by atomic mass is 15.2. The van der Waals surface area contributed by atoms with Gasteiger partial charge < -0.3 is 10.2 Å². The Hall–Kier alpha value is -1.16. The number of hydrogen-bond acceptors (Lipinski definition) is 4. The highest BCUT2D eigenvalue weighted by molar-refractivity contribution is 5.28. The number of rotatable bonds is 3. The molecule has 0 spiro atoms. The van der Waals surface area contributed by atoms with Gasteiger partial charge in [-0.1, -0.05) is 0 Å². The van der Waals surface area contributed by atoms with Gasteiger partial charge in [-0.2, -0.15) is 0 Å². The second-order valence-corrected chi connectivity index (χ2v) is 4.17. The zero-order chi connectivity index (χ0) is 10.7. The fraction of sp³-hybridized carbons (Fsp3) is 0.636. The van der Waals surface area contributed by atoms with Crippen molar-refractivity contribution in [2.45, 2.75) is 25.8 Å². The fourth-order valence-electron chi connectivity index (χ4n) is 1.94. The van der Waals surface area contributed by atoms with Crippen LogP contribution in [-0.2, 0) is 0 Å². The molecule has 1 aliphatic rings. The highest BCUT2D eigenvalue weighted by Crippen LogP contribution is 2.10. The molecule has 1 aromatic heterocycles. The Labute approximate surface area is 90.7 Å². The summed E-state index contributed by atoms with van der Waals surface area (Å²) >= 11 is 0. The topological polar surface area (TPSA) is 41.1 Å². The normalized spacial score (nSPS) is 20.5. The lowest BCUT2D eigenvalue weighted by atomic mass is 10.2. The van der Waals surface area contributed by atoms with Crippen molar-refractivity contribution in [2.24, 2.45) is 0 Å². The molecular formula is C11H18N4. The van der Waals surface area contributed by atoms with Gasteiger partial charge in [0.15, 0.2) is 0 Å². The molecule has 2 heterocycles. The van der Waals surface area contributed by atoms with E-state index in [1.165, 1.54) is 12.8 Å². The molecule has 0 aliphatic carbocycles. The van der Waals surface area contributed by atoms with Crippen molar-refractivity contribution in [1.82, 2.24) is 15.3 Å². The maximum atomic E-state index is 4.40. The number of aromatic nitrogens is 2. The van der Waals surface area contributed by atoms with Gasteiger partial charge in [-0.15, -0.1) is 0 Å². The molecule has 1 N–H and O–H groups in total. The van der Waals surface area contributed by atoms with Crippen LogP contribution in [0.4, 0.5) is 5.95 Å².